The largest absolute Gasteiger partial charge is 0.481 e. The van der Waals surface area contributed by atoms with Gasteiger partial charge < -0.3 is 10.0 Å². The van der Waals surface area contributed by atoms with Gasteiger partial charge in [-0.05, 0) is 26.2 Å². The Kier molecular flexibility index (Phi) is 4.12. The Morgan fingerprint density at radius 2 is 2.27 bits per heavy atom. The van der Waals surface area contributed by atoms with Crippen LogP contribution < -0.4 is 0 Å². The summed E-state index contributed by atoms with van der Waals surface area (Å²) in [4.78, 5) is 24.1. The van der Waals surface area contributed by atoms with E-state index in [1.165, 1.54) is 0 Å². The second-order valence-electron chi connectivity index (χ2n) is 4.22. The van der Waals surface area contributed by atoms with Crippen molar-refractivity contribution in [1.29, 1.82) is 0 Å². The maximum Gasteiger partial charge on any atom is 0.306 e. The van der Waals surface area contributed by atoms with E-state index >= 15 is 0 Å². The highest BCUT2D eigenvalue weighted by Gasteiger charge is 2.28. The smallest absolute Gasteiger partial charge is 0.306 e. The summed E-state index contributed by atoms with van der Waals surface area (Å²) >= 11 is 0. The lowest BCUT2D eigenvalue weighted by molar-refractivity contribution is -0.143. The van der Waals surface area contributed by atoms with Gasteiger partial charge in [-0.15, -0.1) is 0 Å². The SMILES string of the molecule is CCC(CC(C)N1CCCC1=O)C(=O)O. The average Bonchev–Trinajstić information content (AvgIpc) is 2.60. The van der Waals surface area contributed by atoms with Gasteiger partial charge in [-0.1, -0.05) is 6.92 Å². The van der Waals surface area contributed by atoms with Gasteiger partial charge in [-0.25, -0.2) is 0 Å². The molecule has 1 rings (SSSR count). The summed E-state index contributed by atoms with van der Waals surface area (Å²) in [6.07, 6.45) is 2.72. The molecule has 0 aromatic heterocycles. The molecule has 1 aliphatic heterocycles. The fraction of sp³-hybridized carbons (Fsp3) is 0.818. The van der Waals surface area contributed by atoms with E-state index in [1.54, 1.807) is 0 Å². The van der Waals surface area contributed by atoms with Crippen molar-refractivity contribution in [2.24, 2.45) is 5.92 Å². The molecular weight excluding hydrogens is 194 g/mol. The van der Waals surface area contributed by atoms with Crippen LogP contribution in [-0.2, 0) is 9.59 Å². The van der Waals surface area contributed by atoms with Crippen molar-refractivity contribution in [3.05, 3.63) is 0 Å². The maximum absolute atomic E-state index is 11.4. The molecule has 1 heterocycles. The van der Waals surface area contributed by atoms with Gasteiger partial charge >= 0.3 is 5.97 Å². The number of carboxylic acids is 1. The van der Waals surface area contributed by atoms with E-state index in [2.05, 4.69) is 0 Å². The summed E-state index contributed by atoms with van der Waals surface area (Å²) in [5, 5.41) is 8.93. The average molecular weight is 213 g/mol. The normalized spacial score (nSPS) is 20.4. The van der Waals surface area contributed by atoms with Crippen LogP contribution in [0.3, 0.4) is 0 Å². The van der Waals surface area contributed by atoms with E-state index < -0.39 is 5.97 Å². The minimum atomic E-state index is -0.754. The number of aliphatic carboxylic acids is 1. The van der Waals surface area contributed by atoms with Crippen molar-refractivity contribution < 1.29 is 14.7 Å². The third-order valence-corrected chi connectivity index (χ3v) is 3.11. The Bertz CT molecular complexity index is 252. The van der Waals surface area contributed by atoms with Gasteiger partial charge in [0.2, 0.25) is 5.91 Å². The van der Waals surface area contributed by atoms with Crippen LogP contribution in [0, 0.1) is 5.92 Å². The predicted molar refractivity (Wildman–Crippen MR) is 56.4 cm³/mol. The van der Waals surface area contributed by atoms with E-state index in [9.17, 15) is 9.59 Å². The molecular formula is C11H19NO3. The summed E-state index contributed by atoms with van der Waals surface area (Å²) in [5.74, 6) is -0.910. The van der Waals surface area contributed by atoms with Crippen molar-refractivity contribution in [2.75, 3.05) is 6.54 Å². The molecule has 0 aromatic rings. The molecule has 0 radical (unpaired) electrons. The molecule has 4 heteroatoms. The van der Waals surface area contributed by atoms with Gasteiger partial charge in [-0.3, -0.25) is 9.59 Å². The molecule has 2 unspecified atom stereocenters. The number of carboxylic acid groups (broad SMARTS) is 1. The van der Waals surface area contributed by atoms with Gasteiger partial charge in [0.15, 0.2) is 0 Å². The number of likely N-dealkylation sites (tertiary alicyclic amines) is 1. The Balaban J connectivity index is 2.49. The Morgan fingerprint density at radius 1 is 1.60 bits per heavy atom. The van der Waals surface area contributed by atoms with Crippen molar-refractivity contribution in [2.45, 2.75) is 45.6 Å². The molecule has 86 valence electrons. The van der Waals surface area contributed by atoms with Gasteiger partial charge in [-0.2, -0.15) is 0 Å². The van der Waals surface area contributed by atoms with Gasteiger partial charge in [0.1, 0.15) is 0 Å². The first-order chi connectivity index (χ1) is 7.06. The second kappa shape index (κ2) is 5.14. The lowest BCUT2D eigenvalue weighted by Gasteiger charge is -2.26. The molecule has 0 spiro atoms. The van der Waals surface area contributed by atoms with E-state index in [-0.39, 0.29) is 17.9 Å². The number of rotatable bonds is 5. The molecule has 1 fully saturated rings. The molecule has 1 aliphatic rings. The number of amides is 1. The zero-order valence-electron chi connectivity index (χ0n) is 9.40. The molecule has 4 nitrogen and oxygen atoms in total. The van der Waals surface area contributed by atoms with Crippen LogP contribution in [0.5, 0.6) is 0 Å². The topological polar surface area (TPSA) is 57.6 Å². The van der Waals surface area contributed by atoms with Gasteiger partial charge in [0.05, 0.1) is 5.92 Å². The highest BCUT2D eigenvalue weighted by molar-refractivity contribution is 5.78. The third-order valence-electron chi connectivity index (χ3n) is 3.11. The molecule has 1 amide bonds. The monoisotopic (exact) mass is 213 g/mol. The van der Waals surface area contributed by atoms with Crippen molar-refractivity contribution in [3.63, 3.8) is 0 Å². The summed E-state index contributed by atoms with van der Waals surface area (Å²) in [5.41, 5.74) is 0. The molecule has 15 heavy (non-hydrogen) atoms. The number of carbonyl (C=O) groups excluding carboxylic acids is 1. The quantitative estimate of drug-likeness (QED) is 0.753. The van der Waals surface area contributed by atoms with Crippen LogP contribution in [0.2, 0.25) is 0 Å². The Labute approximate surface area is 90.3 Å². The highest BCUT2D eigenvalue weighted by atomic mass is 16.4. The summed E-state index contributed by atoms with van der Waals surface area (Å²) in [6.45, 7) is 4.60. The molecule has 0 bridgehead atoms. The summed E-state index contributed by atoms with van der Waals surface area (Å²) < 4.78 is 0. The molecule has 2 atom stereocenters. The highest BCUT2D eigenvalue weighted by Crippen LogP contribution is 2.20. The Hall–Kier alpha value is -1.06. The Morgan fingerprint density at radius 3 is 2.67 bits per heavy atom. The van der Waals surface area contributed by atoms with Gasteiger partial charge in [0.25, 0.3) is 0 Å². The van der Waals surface area contributed by atoms with Crippen LogP contribution >= 0.6 is 0 Å². The van der Waals surface area contributed by atoms with Crippen LogP contribution in [-0.4, -0.2) is 34.5 Å². The first-order valence-electron chi connectivity index (χ1n) is 5.58. The summed E-state index contributed by atoms with van der Waals surface area (Å²) in [7, 11) is 0. The van der Waals surface area contributed by atoms with E-state index in [0.29, 0.717) is 19.3 Å². The van der Waals surface area contributed by atoms with Crippen molar-refractivity contribution in [1.82, 2.24) is 4.90 Å². The zero-order valence-corrected chi connectivity index (χ0v) is 9.40. The first-order valence-corrected chi connectivity index (χ1v) is 5.58. The number of hydrogen-bond acceptors (Lipinski definition) is 2. The molecule has 0 saturated carbocycles. The van der Waals surface area contributed by atoms with Gasteiger partial charge in [0, 0.05) is 19.0 Å². The van der Waals surface area contributed by atoms with Crippen LogP contribution in [0.15, 0.2) is 0 Å². The number of carbonyl (C=O) groups is 2. The standard InChI is InChI=1S/C11H19NO3/c1-3-9(11(14)15)7-8(2)12-6-4-5-10(12)13/h8-9H,3-7H2,1-2H3,(H,14,15). The lowest BCUT2D eigenvalue weighted by Crippen LogP contribution is -2.36. The summed E-state index contributed by atoms with van der Waals surface area (Å²) in [6, 6.07) is 0.0565. The molecule has 0 aliphatic carbocycles. The maximum atomic E-state index is 11.4. The number of nitrogens with zero attached hydrogens (tertiary/aromatic N) is 1. The fourth-order valence-corrected chi connectivity index (χ4v) is 2.12. The molecule has 0 aromatic carbocycles. The van der Waals surface area contributed by atoms with Crippen LogP contribution in [0.25, 0.3) is 0 Å². The molecule has 1 N–H and O–H groups in total. The minimum absolute atomic E-state index is 0.0565. The predicted octanol–water partition coefficient (Wildman–Crippen LogP) is 1.50. The zero-order chi connectivity index (χ0) is 11.4. The number of hydrogen-bond donors (Lipinski definition) is 1. The lowest BCUT2D eigenvalue weighted by atomic mass is 9.97. The third kappa shape index (κ3) is 2.94. The van der Waals surface area contributed by atoms with E-state index in [4.69, 9.17) is 5.11 Å². The van der Waals surface area contributed by atoms with E-state index in [0.717, 1.165) is 13.0 Å². The fourth-order valence-electron chi connectivity index (χ4n) is 2.12. The minimum Gasteiger partial charge on any atom is -0.481 e. The molecule has 1 saturated heterocycles. The van der Waals surface area contributed by atoms with Crippen LogP contribution in [0.1, 0.15) is 39.5 Å². The van der Waals surface area contributed by atoms with Crippen LogP contribution in [0.4, 0.5) is 0 Å². The first kappa shape index (κ1) is 12.0. The second-order valence-corrected chi connectivity index (χ2v) is 4.22. The van der Waals surface area contributed by atoms with Crippen molar-refractivity contribution >= 4 is 11.9 Å². The van der Waals surface area contributed by atoms with E-state index in [1.807, 2.05) is 18.7 Å². The van der Waals surface area contributed by atoms with Crippen molar-refractivity contribution in [3.8, 4) is 0 Å².